The maximum absolute atomic E-state index is 12.1. The summed E-state index contributed by atoms with van der Waals surface area (Å²) in [4.78, 5) is 12.1. The van der Waals surface area contributed by atoms with E-state index in [1.165, 1.54) is 32.1 Å². The molecule has 0 aromatic carbocycles. The second kappa shape index (κ2) is 5.21. The van der Waals surface area contributed by atoms with Gasteiger partial charge in [-0.25, -0.2) is 0 Å². The molecule has 5 aliphatic carbocycles. The molecule has 0 radical (unpaired) electrons. The summed E-state index contributed by atoms with van der Waals surface area (Å²) in [6.07, 6.45) is 10.7. The largest absolute Gasteiger partial charge is 0.396 e. The summed E-state index contributed by atoms with van der Waals surface area (Å²) < 4.78 is 0. The van der Waals surface area contributed by atoms with E-state index in [0.717, 1.165) is 42.4 Å². The average Bonchev–Trinajstić information content (AvgIpc) is 3.30. The highest BCUT2D eigenvalue weighted by molar-refractivity contribution is 5.92. The van der Waals surface area contributed by atoms with Gasteiger partial charge in [0, 0.05) is 13.0 Å². The van der Waals surface area contributed by atoms with Crippen molar-refractivity contribution in [2.24, 2.45) is 52.3 Å². The first kappa shape index (κ1) is 16.5. The van der Waals surface area contributed by atoms with E-state index in [-0.39, 0.29) is 0 Å². The average molecular weight is 343 g/mol. The van der Waals surface area contributed by atoms with E-state index in [1.807, 2.05) is 0 Å². The molecule has 1 N–H and O–H groups in total. The van der Waals surface area contributed by atoms with Crippen LogP contribution < -0.4 is 0 Å². The summed E-state index contributed by atoms with van der Waals surface area (Å²) in [5, 5.41) is 9.77. The number of aliphatic hydroxyl groups excluding tert-OH is 1. The Bertz CT molecular complexity index is 636. The minimum absolute atomic E-state index is 0.304. The first-order valence-corrected chi connectivity index (χ1v) is 10.8. The van der Waals surface area contributed by atoms with Crippen molar-refractivity contribution in [3.8, 4) is 0 Å². The summed E-state index contributed by atoms with van der Waals surface area (Å²) in [6.45, 7) is 7.68. The molecular formula is C23H34O2. The highest BCUT2D eigenvalue weighted by atomic mass is 16.3. The van der Waals surface area contributed by atoms with E-state index >= 15 is 0 Å². The van der Waals surface area contributed by atoms with E-state index in [0.29, 0.717) is 35.1 Å². The predicted octanol–water partition coefficient (Wildman–Crippen LogP) is 4.62. The molecule has 9 atom stereocenters. The summed E-state index contributed by atoms with van der Waals surface area (Å²) in [5.41, 5.74) is 2.30. The van der Waals surface area contributed by atoms with Crippen LogP contribution in [0.5, 0.6) is 0 Å². The number of allylic oxidation sites excluding steroid dienone is 1. The Morgan fingerprint density at radius 2 is 2.00 bits per heavy atom. The Kier molecular flexibility index (Phi) is 3.45. The minimum Gasteiger partial charge on any atom is -0.396 e. The Morgan fingerprint density at radius 1 is 1.20 bits per heavy atom. The van der Waals surface area contributed by atoms with Gasteiger partial charge in [0.2, 0.25) is 0 Å². The van der Waals surface area contributed by atoms with Crippen molar-refractivity contribution in [2.75, 3.05) is 6.61 Å². The lowest BCUT2D eigenvalue weighted by Gasteiger charge is -2.58. The van der Waals surface area contributed by atoms with E-state index in [2.05, 4.69) is 26.8 Å². The number of carbonyl (C=O) groups excluding carboxylic acids is 1. The van der Waals surface area contributed by atoms with Crippen molar-refractivity contribution in [1.82, 2.24) is 0 Å². The van der Waals surface area contributed by atoms with Crippen molar-refractivity contribution in [3.05, 3.63) is 11.6 Å². The van der Waals surface area contributed by atoms with E-state index in [4.69, 9.17) is 0 Å². The van der Waals surface area contributed by atoms with E-state index < -0.39 is 0 Å². The van der Waals surface area contributed by atoms with Crippen LogP contribution >= 0.6 is 0 Å². The lowest BCUT2D eigenvalue weighted by molar-refractivity contribution is -0.118. The number of rotatable bonds is 2. The van der Waals surface area contributed by atoms with Gasteiger partial charge in [-0.2, -0.15) is 0 Å². The maximum atomic E-state index is 12.1. The normalized spacial score (nSPS) is 54.7. The zero-order valence-corrected chi connectivity index (χ0v) is 16.1. The van der Waals surface area contributed by atoms with E-state index in [9.17, 15) is 9.90 Å². The van der Waals surface area contributed by atoms with Crippen LogP contribution in [0, 0.1) is 52.3 Å². The molecular weight excluding hydrogens is 308 g/mol. The molecule has 4 fully saturated rings. The van der Waals surface area contributed by atoms with E-state index in [1.54, 1.807) is 5.57 Å². The summed E-state index contributed by atoms with van der Waals surface area (Å²) in [6, 6.07) is 0. The second-order valence-electron chi connectivity index (χ2n) is 10.7. The number of fused-ring (bicyclic) bond motifs is 8. The lowest BCUT2D eigenvalue weighted by Crippen LogP contribution is -2.52. The molecule has 138 valence electrons. The maximum Gasteiger partial charge on any atom is 0.155 e. The lowest BCUT2D eigenvalue weighted by atomic mass is 9.46. The van der Waals surface area contributed by atoms with Crippen molar-refractivity contribution < 1.29 is 9.90 Å². The quantitative estimate of drug-likeness (QED) is 0.795. The number of carbonyl (C=O) groups is 1. The molecule has 4 unspecified atom stereocenters. The van der Waals surface area contributed by atoms with Gasteiger partial charge in [-0.3, -0.25) is 4.79 Å². The Hall–Kier alpha value is -0.630. The van der Waals surface area contributed by atoms with Gasteiger partial charge in [0.25, 0.3) is 0 Å². The molecule has 2 heteroatoms. The van der Waals surface area contributed by atoms with Crippen LogP contribution in [0.1, 0.15) is 65.7 Å². The van der Waals surface area contributed by atoms with Gasteiger partial charge in [0.15, 0.2) is 5.78 Å². The van der Waals surface area contributed by atoms with Crippen LogP contribution in [-0.2, 0) is 4.79 Å². The molecule has 0 spiro atoms. The predicted molar refractivity (Wildman–Crippen MR) is 98.8 cm³/mol. The number of hydrogen-bond acceptors (Lipinski definition) is 2. The smallest absolute Gasteiger partial charge is 0.155 e. The number of hydrogen-bond donors (Lipinski definition) is 1. The molecule has 25 heavy (non-hydrogen) atoms. The molecule has 0 aliphatic heterocycles. The fraction of sp³-hybridized carbons (Fsp3) is 0.870. The van der Waals surface area contributed by atoms with Crippen LogP contribution in [0.2, 0.25) is 0 Å². The second-order valence-corrected chi connectivity index (χ2v) is 10.7. The van der Waals surface area contributed by atoms with Crippen molar-refractivity contribution in [1.29, 1.82) is 0 Å². The van der Waals surface area contributed by atoms with Crippen LogP contribution in [0.3, 0.4) is 0 Å². The molecule has 5 rings (SSSR count). The molecule has 0 bridgehead atoms. The first-order valence-electron chi connectivity index (χ1n) is 10.8. The van der Waals surface area contributed by atoms with Crippen molar-refractivity contribution in [3.63, 3.8) is 0 Å². The SMILES string of the molecule is C[C@H](CO)C1CCC2C3C(CC[C@@]21C)[C@@]1(C)CCC(=O)C=C1[C@H]1C[C@@H]31. The molecule has 0 heterocycles. The fourth-order valence-electron chi connectivity index (χ4n) is 8.50. The minimum atomic E-state index is 0.304. The highest BCUT2D eigenvalue weighted by Crippen LogP contribution is 2.74. The molecule has 4 saturated carbocycles. The van der Waals surface area contributed by atoms with Gasteiger partial charge in [-0.15, -0.1) is 0 Å². The summed E-state index contributed by atoms with van der Waals surface area (Å²) in [7, 11) is 0. The van der Waals surface area contributed by atoms with Gasteiger partial charge in [0.05, 0.1) is 0 Å². The van der Waals surface area contributed by atoms with Crippen molar-refractivity contribution in [2.45, 2.75) is 65.7 Å². The Balaban J connectivity index is 1.51. The number of ketones is 1. The molecule has 0 aromatic heterocycles. The Morgan fingerprint density at radius 3 is 2.76 bits per heavy atom. The van der Waals surface area contributed by atoms with Crippen LogP contribution in [-0.4, -0.2) is 17.5 Å². The van der Waals surface area contributed by atoms with Gasteiger partial charge in [0.1, 0.15) is 0 Å². The van der Waals surface area contributed by atoms with Gasteiger partial charge >= 0.3 is 0 Å². The van der Waals surface area contributed by atoms with Gasteiger partial charge < -0.3 is 5.11 Å². The topological polar surface area (TPSA) is 37.3 Å². The van der Waals surface area contributed by atoms with Gasteiger partial charge in [-0.05, 0) is 96.9 Å². The summed E-state index contributed by atoms with van der Waals surface area (Å²) >= 11 is 0. The zero-order valence-electron chi connectivity index (χ0n) is 16.1. The third kappa shape index (κ3) is 2.04. The van der Waals surface area contributed by atoms with Crippen LogP contribution in [0.4, 0.5) is 0 Å². The van der Waals surface area contributed by atoms with Crippen LogP contribution in [0.25, 0.3) is 0 Å². The third-order valence-corrected chi connectivity index (χ3v) is 9.80. The highest BCUT2D eigenvalue weighted by Gasteiger charge is 2.67. The first-order chi connectivity index (χ1) is 11.9. The summed E-state index contributed by atoms with van der Waals surface area (Å²) in [5.74, 6) is 5.68. The monoisotopic (exact) mass is 342 g/mol. The fourth-order valence-corrected chi connectivity index (χ4v) is 8.50. The zero-order chi connectivity index (χ0) is 17.6. The van der Waals surface area contributed by atoms with Gasteiger partial charge in [-0.1, -0.05) is 26.3 Å². The molecule has 2 nitrogen and oxygen atoms in total. The molecule has 5 aliphatic rings. The number of aliphatic hydroxyl groups is 1. The Labute approximate surface area is 152 Å². The molecule has 0 aromatic rings. The molecule has 0 amide bonds. The van der Waals surface area contributed by atoms with Crippen LogP contribution in [0.15, 0.2) is 11.6 Å². The molecule has 0 saturated heterocycles. The van der Waals surface area contributed by atoms with Crippen molar-refractivity contribution >= 4 is 5.78 Å². The third-order valence-electron chi connectivity index (χ3n) is 9.80. The standard InChI is InChI=1S/C23H34O2/c1-13(12-24)17-4-5-18-21-16-11-15(16)20-10-14(25)6-8-23(20,3)19(21)7-9-22(17,18)2/h10,13,15-19,21,24H,4-9,11-12H2,1-3H3/t13-,15+,16-,17?,18?,19?,21?,22-,23-/m1/s1.